The van der Waals surface area contributed by atoms with E-state index in [-0.39, 0.29) is 55.9 Å². The Bertz CT molecular complexity index is 1690. The van der Waals surface area contributed by atoms with Crippen LogP contribution in [0.15, 0.2) is 75.2 Å². The van der Waals surface area contributed by atoms with Crippen LogP contribution in [0.4, 0.5) is 4.39 Å². The lowest BCUT2D eigenvalue weighted by Gasteiger charge is -2.21. The molecule has 44 heavy (non-hydrogen) atoms. The van der Waals surface area contributed by atoms with E-state index in [0.29, 0.717) is 40.4 Å². The average molecular weight is 669 g/mol. The zero-order chi connectivity index (χ0) is 32.0. The van der Waals surface area contributed by atoms with Gasteiger partial charge in [-0.2, -0.15) is 0 Å². The number of aromatic hydroxyl groups is 1. The topological polar surface area (TPSA) is 119 Å². The number of amides is 2. The summed E-state index contributed by atoms with van der Waals surface area (Å²) in [5.41, 5.74) is 1.55. The van der Waals surface area contributed by atoms with Crippen LogP contribution in [0.5, 0.6) is 5.75 Å². The Morgan fingerprint density at radius 2 is 2.02 bits per heavy atom. The van der Waals surface area contributed by atoms with Gasteiger partial charge in [-0.15, -0.1) is 0 Å². The van der Waals surface area contributed by atoms with E-state index in [1.807, 2.05) is 13.0 Å². The van der Waals surface area contributed by atoms with Gasteiger partial charge in [0.05, 0.1) is 12.1 Å². The molecule has 1 aliphatic heterocycles. The van der Waals surface area contributed by atoms with Crippen LogP contribution in [0.1, 0.15) is 61.9 Å². The number of alkyl halides is 1. The minimum absolute atomic E-state index is 0.00684. The first-order valence-corrected chi connectivity index (χ1v) is 15.4. The van der Waals surface area contributed by atoms with Crippen molar-refractivity contribution in [2.24, 2.45) is 0 Å². The number of aromatic nitrogens is 2. The van der Waals surface area contributed by atoms with E-state index >= 15 is 0 Å². The number of imide groups is 1. The number of allylic oxidation sites excluding steroid dienone is 7. The molecule has 0 spiro atoms. The fourth-order valence-corrected chi connectivity index (χ4v) is 5.90. The Morgan fingerprint density at radius 1 is 1.25 bits per heavy atom. The van der Waals surface area contributed by atoms with Gasteiger partial charge in [0.1, 0.15) is 11.7 Å². The number of carbonyl (C=O) groups excluding carboxylic acids is 3. The molecule has 0 saturated carbocycles. The highest BCUT2D eigenvalue weighted by molar-refractivity contribution is 9.10. The van der Waals surface area contributed by atoms with E-state index in [0.717, 1.165) is 5.57 Å². The van der Waals surface area contributed by atoms with Gasteiger partial charge in [0.15, 0.2) is 11.3 Å². The first-order chi connectivity index (χ1) is 21.1. The van der Waals surface area contributed by atoms with Crippen molar-refractivity contribution in [2.45, 2.75) is 65.1 Å². The smallest absolute Gasteiger partial charge is 0.347 e. The van der Waals surface area contributed by atoms with Crippen LogP contribution in [0.2, 0.25) is 0 Å². The maximum atomic E-state index is 13.7. The monoisotopic (exact) mass is 667 g/mol. The van der Waals surface area contributed by atoms with Crippen LogP contribution in [0, 0.1) is 0 Å². The second kappa shape index (κ2) is 14.6. The SMILES string of the molecule is C=CC1=C(/C=C\CC)C(=O)N(CCCn2c(=O)c(C(=O)OCC)c(O)c3ncc(CC4=CCC(F)C=C4)c(Br)c32)C(=O)CC1. The summed E-state index contributed by atoms with van der Waals surface area (Å²) < 4.78 is 20.4. The highest BCUT2D eigenvalue weighted by Crippen LogP contribution is 2.34. The predicted octanol–water partition coefficient (Wildman–Crippen LogP) is 5.80. The normalized spacial score (nSPS) is 17.4. The van der Waals surface area contributed by atoms with Crippen LogP contribution in [-0.2, 0) is 27.3 Å². The zero-order valence-electron chi connectivity index (χ0n) is 24.8. The van der Waals surface area contributed by atoms with Gasteiger partial charge in [-0.05, 0) is 65.2 Å². The van der Waals surface area contributed by atoms with Gasteiger partial charge in [0, 0.05) is 42.2 Å². The maximum Gasteiger partial charge on any atom is 0.347 e. The van der Waals surface area contributed by atoms with E-state index in [2.05, 4.69) is 27.5 Å². The van der Waals surface area contributed by atoms with Gasteiger partial charge in [-0.3, -0.25) is 24.3 Å². The Labute approximate surface area is 263 Å². The standard InChI is InChI=1S/C33H35BrFN3O6/c1-4-7-9-24-21(5-2)12-15-25(39)37(31(24)41)16-8-17-38-29-27(34)22(18-20-10-13-23(35)14-11-20)19-36-28(29)30(40)26(32(38)42)33(43)44-6-3/h5,7,9-11,13,19,23,40H,2,4,6,8,12,14-18H2,1,3H3/b9-7-. The van der Waals surface area contributed by atoms with Gasteiger partial charge < -0.3 is 14.4 Å². The van der Waals surface area contributed by atoms with Crippen molar-refractivity contribution in [1.29, 1.82) is 0 Å². The molecule has 2 aromatic rings. The summed E-state index contributed by atoms with van der Waals surface area (Å²) in [7, 11) is 0. The molecule has 0 aromatic carbocycles. The summed E-state index contributed by atoms with van der Waals surface area (Å²) in [6.07, 6.45) is 12.7. The number of fused-ring (bicyclic) bond motifs is 1. The number of rotatable bonds is 11. The van der Waals surface area contributed by atoms with Crippen molar-refractivity contribution < 1.29 is 28.6 Å². The zero-order valence-corrected chi connectivity index (χ0v) is 26.4. The molecule has 2 aromatic heterocycles. The second-order valence-corrected chi connectivity index (χ2v) is 11.2. The maximum absolute atomic E-state index is 13.7. The summed E-state index contributed by atoms with van der Waals surface area (Å²) in [6, 6.07) is 0. The highest BCUT2D eigenvalue weighted by Gasteiger charge is 2.30. The third kappa shape index (κ3) is 6.83. The van der Waals surface area contributed by atoms with Gasteiger partial charge >= 0.3 is 5.97 Å². The number of ether oxygens (including phenoxy) is 1. The van der Waals surface area contributed by atoms with Crippen LogP contribution in [-0.4, -0.2) is 56.7 Å². The van der Waals surface area contributed by atoms with Crippen molar-refractivity contribution in [1.82, 2.24) is 14.5 Å². The van der Waals surface area contributed by atoms with E-state index in [1.165, 1.54) is 21.7 Å². The number of esters is 1. The van der Waals surface area contributed by atoms with Gasteiger partial charge in [-0.25, -0.2) is 9.18 Å². The van der Waals surface area contributed by atoms with E-state index < -0.39 is 34.9 Å². The number of halogens is 2. The number of hydrogen-bond donors (Lipinski definition) is 1. The third-order valence-corrected chi connectivity index (χ3v) is 8.40. The molecule has 4 rings (SSSR count). The number of nitrogens with zero attached hydrogens (tertiary/aromatic N) is 3. The molecule has 11 heteroatoms. The van der Waals surface area contributed by atoms with Crippen molar-refractivity contribution >= 4 is 44.7 Å². The molecule has 2 aliphatic rings. The fraction of sp³-hybridized carbons (Fsp3) is 0.364. The molecule has 1 aliphatic carbocycles. The Balaban J connectivity index is 1.74. The van der Waals surface area contributed by atoms with Crippen molar-refractivity contribution in [2.75, 3.05) is 13.2 Å². The highest BCUT2D eigenvalue weighted by atomic mass is 79.9. The molecule has 0 radical (unpaired) electrons. The van der Waals surface area contributed by atoms with Gasteiger partial charge in [0.2, 0.25) is 5.91 Å². The van der Waals surface area contributed by atoms with Gasteiger partial charge in [-0.1, -0.05) is 50.0 Å². The molecule has 0 bridgehead atoms. The first kappa shape index (κ1) is 32.8. The van der Waals surface area contributed by atoms with Crippen LogP contribution >= 0.6 is 15.9 Å². The fourth-order valence-electron chi connectivity index (χ4n) is 5.25. The molecule has 0 fully saturated rings. The van der Waals surface area contributed by atoms with E-state index in [4.69, 9.17) is 4.74 Å². The van der Waals surface area contributed by atoms with Gasteiger partial charge in [0.25, 0.3) is 11.5 Å². The lowest BCUT2D eigenvalue weighted by Crippen LogP contribution is -2.38. The van der Waals surface area contributed by atoms with Crippen molar-refractivity contribution in [3.63, 3.8) is 0 Å². The van der Waals surface area contributed by atoms with Crippen LogP contribution < -0.4 is 5.56 Å². The van der Waals surface area contributed by atoms with Crippen LogP contribution in [0.25, 0.3) is 11.0 Å². The number of hydrogen-bond acceptors (Lipinski definition) is 7. The number of pyridine rings is 2. The van der Waals surface area contributed by atoms with Crippen LogP contribution in [0.3, 0.4) is 0 Å². The summed E-state index contributed by atoms with van der Waals surface area (Å²) >= 11 is 3.58. The lowest BCUT2D eigenvalue weighted by molar-refractivity contribution is -0.142. The number of aryl methyl sites for hydroxylation is 1. The largest absolute Gasteiger partial charge is 0.505 e. The predicted molar refractivity (Wildman–Crippen MR) is 169 cm³/mol. The molecule has 2 amide bonds. The summed E-state index contributed by atoms with van der Waals surface area (Å²) in [6.45, 7) is 7.33. The molecule has 1 N–H and O–H groups in total. The molecule has 9 nitrogen and oxygen atoms in total. The van der Waals surface area contributed by atoms with E-state index in [1.54, 1.807) is 31.2 Å². The molecule has 3 heterocycles. The molecular weight excluding hydrogens is 633 g/mol. The van der Waals surface area contributed by atoms with Crippen molar-refractivity contribution in [3.05, 3.63) is 91.9 Å². The summed E-state index contributed by atoms with van der Waals surface area (Å²) in [5.74, 6) is -2.36. The Hall–Kier alpha value is -4.12. The minimum Gasteiger partial charge on any atom is -0.505 e. The number of carbonyl (C=O) groups is 3. The average Bonchev–Trinajstić information content (AvgIpc) is 3.11. The summed E-state index contributed by atoms with van der Waals surface area (Å²) in [5, 5.41) is 11.0. The Kier molecular flexibility index (Phi) is 10.9. The molecule has 1 unspecified atom stereocenters. The minimum atomic E-state index is -1.04. The van der Waals surface area contributed by atoms with Crippen molar-refractivity contribution in [3.8, 4) is 5.75 Å². The van der Waals surface area contributed by atoms with E-state index in [9.17, 15) is 28.7 Å². The molecule has 0 saturated heterocycles. The Morgan fingerprint density at radius 3 is 2.68 bits per heavy atom. The molecule has 232 valence electrons. The first-order valence-electron chi connectivity index (χ1n) is 14.6. The molecular formula is C33H35BrFN3O6. The second-order valence-electron chi connectivity index (χ2n) is 10.4. The third-order valence-electron chi connectivity index (χ3n) is 7.51. The molecule has 1 atom stereocenters. The summed E-state index contributed by atoms with van der Waals surface area (Å²) in [4.78, 5) is 58.5. The lowest BCUT2D eigenvalue weighted by atomic mass is 9.99. The quantitative estimate of drug-likeness (QED) is 0.238.